The molecule has 1 aliphatic heterocycles. The van der Waals surface area contributed by atoms with E-state index in [2.05, 4.69) is 11.8 Å². The number of alkyl halides is 2. The zero-order valence-corrected chi connectivity index (χ0v) is 16.4. The van der Waals surface area contributed by atoms with Crippen molar-refractivity contribution in [3.05, 3.63) is 47.5 Å². The van der Waals surface area contributed by atoms with E-state index in [9.17, 15) is 23.5 Å². The first kappa shape index (κ1) is 22.6. The highest BCUT2D eigenvalue weighted by Crippen LogP contribution is 2.34. The Labute approximate surface area is 169 Å². The first-order chi connectivity index (χ1) is 13.7. The van der Waals surface area contributed by atoms with E-state index in [1.165, 1.54) is 24.3 Å². The summed E-state index contributed by atoms with van der Waals surface area (Å²) in [7, 11) is 0. The molecule has 0 spiro atoms. The molecule has 0 radical (unpaired) electrons. The SMILES string of the molecule is CC#CC[C@H](C)[C@H](O)C=C[C@H]1CC(F)(F)C(=O)N1CCc1ccc(C(=O)O)cc1. The van der Waals surface area contributed by atoms with Crippen molar-refractivity contribution in [3.8, 4) is 11.8 Å². The zero-order chi connectivity index (χ0) is 21.6. The van der Waals surface area contributed by atoms with Gasteiger partial charge in [0, 0.05) is 19.4 Å². The van der Waals surface area contributed by atoms with Crippen LogP contribution in [0.3, 0.4) is 0 Å². The second-order valence-electron chi connectivity index (χ2n) is 7.21. The van der Waals surface area contributed by atoms with Crippen molar-refractivity contribution in [1.29, 1.82) is 0 Å². The number of aliphatic hydroxyl groups is 1. The molecule has 0 aromatic heterocycles. The van der Waals surface area contributed by atoms with E-state index in [-0.39, 0.29) is 18.0 Å². The van der Waals surface area contributed by atoms with Crippen LogP contribution in [0.15, 0.2) is 36.4 Å². The predicted molar refractivity (Wildman–Crippen MR) is 105 cm³/mol. The predicted octanol–water partition coefficient (Wildman–Crippen LogP) is 3.13. The van der Waals surface area contributed by atoms with Gasteiger partial charge in [-0.25, -0.2) is 4.79 Å². The average molecular weight is 405 g/mol. The third-order valence-electron chi connectivity index (χ3n) is 5.00. The summed E-state index contributed by atoms with van der Waals surface area (Å²) in [4.78, 5) is 24.1. The molecule has 0 bridgehead atoms. The number of carboxylic acid groups (broad SMARTS) is 1. The lowest BCUT2D eigenvalue weighted by molar-refractivity contribution is -0.148. The first-order valence-electron chi connectivity index (χ1n) is 9.43. The summed E-state index contributed by atoms with van der Waals surface area (Å²) >= 11 is 0. The Balaban J connectivity index is 2.06. The molecule has 1 aliphatic rings. The summed E-state index contributed by atoms with van der Waals surface area (Å²) < 4.78 is 28.0. The maximum Gasteiger partial charge on any atom is 0.335 e. The highest BCUT2D eigenvalue weighted by atomic mass is 19.3. The van der Waals surface area contributed by atoms with Gasteiger partial charge in [-0.15, -0.1) is 11.8 Å². The molecule has 156 valence electrons. The van der Waals surface area contributed by atoms with E-state index in [1.807, 2.05) is 6.92 Å². The standard InChI is InChI=1S/C22H25F2NO4/c1-3-4-5-15(2)19(26)11-10-18-14-22(23,24)21(29)25(18)13-12-16-6-8-17(9-7-16)20(27)28/h6-11,15,18-19,26H,5,12-14H2,1-2H3,(H,27,28)/t15-,18-,19+/m0/s1. The molecule has 0 unspecified atom stereocenters. The highest BCUT2D eigenvalue weighted by Gasteiger charge is 2.52. The van der Waals surface area contributed by atoms with E-state index in [1.54, 1.807) is 19.1 Å². The van der Waals surface area contributed by atoms with Crippen LogP contribution in [0.4, 0.5) is 8.78 Å². The second-order valence-corrected chi connectivity index (χ2v) is 7.21. The summed E-state index contributed by atoms with van der Waals surface area (Å²) in [5, 5.41) is 19.1. The molecule has 1 saturated heterocycles. The molecule has 0 saturated carbocycles. The fourth-order valence-corrected chi connectivity index (χ4v) is 3.14. The van der Waals surface area contributed by atoms with E-state index in [4.69, 9.17) is 5.11 Å². The molecule has 1 fully saturated rings. The molecule has 1 amide bonds. The van der Waals surface area contributed by atoms with E-state index in [0.29, 0.717) is 12.8 Å². The summed E-state index contributed by atoms with van der Waals surface area (Å²) in [5.41, 5.74) is 0.877. The Morgan fingerprint density at radius 1 is 1.38 bits per heavy atom. The largest absolute Gasteiger partial charge is 0.478 e. The molecule has 0 aliphatic carbocycles. The van der Waals surface area contributed by atoms with Crippen LogP contribution in [-0.4, -0.2) is 51.6 Å². The number of likely N-dealkylation sites (tertiary alicyclic amines) is 1. The van der Waals surface area contributed by atoms with Crippen LogP contribution in [0.25, 0.3) is 0 Å². The molecule has 1 heterocycles. The molecule has 1 aromatic rings. The summed E-state index contributed by atoms with van der Waals surface area (Å²) in [5.74, 6) is -0.252. The molecular formula is C22H25F2NO4. The first-order valence-corrected chi connectivity index (χ1v) is 9.43. The molecule has 1 aromatic carbocycles. The number of carbonyl (C=O) groups excluding carboxylic acids is 1. The van der Waals surface area contributed by atoms with Crippen LogP contribution >= 0.6 is 0 Å². The van der Waals surface area contributed by atoms with E-state index < -0.39 is 36.4 Å². The summed E-state index contributed by atoms with van der Waals surface area (Å²) in [6.45, 7) is 3.59. The van der Waals surface area contributed by atoms with Crippen molar-refractivity contribution in [2.24, 2.45) is 5.92 Å². The maximum atomic E-state index is 14.0. The van der Waals surface area contributed by atoms with Gasteiger partial charge in [0.05, 0.1) is 17.7 Å². The number of aliphatic hydroxyl groups excluding tert-OH is 1. The topological polar surface area (TPSA) is 77.8 Å². The Bertz CT molecular complexity index is 823. The van der Waals surface area contributed by atoms with Gasteiger partial charge in [0.15, 0.2) is 0 Å². The lowest BCUT2D eigenvalue weighted by atomic mass is 10.00. The Kier molecular flexibility index (Phi) is 7.52. The zero-order valence-electron chi connectivity index (χ0n) is 16.4. The van der Waals surface area contributed by atoms with Crippen LogP contribution in [0.1, 0.15) is 42.6 Å². The van der Waals surface area contributed by atoms with E-state index >= 15 is 0 Å². The quantitative estimate of drug-likeness (QED) is 0.515. The van der Waals surface area contributed by atoms with Gasteiger partial charge in [-0.1, -0.05) is 31.2 Å². The van der Waals surface area contributed by atoms with Crippen molar-refractivity contribution >= 4 is 11.9 Å². The van der Waals surface area contributed by atoms with Gasteiger partial charge >= 0.3 is 11.9 Å². The number of rotatable bonds is 8. The van der Waals surface area contributed by atoms with Crippen molar-refractivity contribution in [3.63, 3.8) is 0 Å². The maximum absolute atomic E-state index is 14.0. The molecule has 2 rings (SSSR count). The number of benzene rings is 1. The molecule has 5 nitrogen and oxygen atoms in total. The fourth-order valence-electron chi connectivity index (χ4n) is 3.14. The third-order valence-corrected chi connectivity index (χ3v) is 5.00. The normalized spacial score (nSPS) is 20.4. The van der Waals surface area contributed by atoms with Crippen LogP contribution in [0, 0.1) is 17.8 Å². The highest BCUT2D eigenvalue weighted by molar-refractivity contribution is 5.87. The van der Waals surface area contributed by atoms with Gasteiger partial charge < -0.3 is 15.1 Å². The number of amides is 1. The Hall–Kier alpha value is -2.72. The van der Waals surface area contributed by atoms with Crippen molar-refractivity contribution in [2.45, 2.75) is 51.2 Å². The lowest BCUT2D eigenvalue weighted by Crippen LogP contribution is -2.37. The summed E-state index contributed by atoms with van der Waals surface area (Å²) in [6, 6.07) is 5.27. The van der Waals surface area contributed by atoms with Crippen LogP contribution in [0.5, 0.6) is 0 Å². The van der Waals surface area contributed by atoms with Gasteiger partial charge in [-0.05, 0) is 37.0 Å². The minimum absolute atomic E-state index is 0.0722. The fraction of sp³-hybridized carbons (Fsp3) is 0.455. The van der Waals surface area contributed by atoms with Gasteiger partial charge in [0.25, 0.3) is 5.91 Å². The minimum Gasteiger partial charge on any atom is -0.478 e. The van der Waals surface area contributed by atoms with Crippen molar-refractivity contribution in [2.75, 3.05) is 6.54 Å². The number of carboxylic acids is 1. The van der Waals surface area contributed by atoms with Gasteiger partial charge in [0.2, 0.25) is 0 Å². The number of hydrogen-bond acceptors (Lipinski definition) is 3. The molecule has 2 N–H and O–H groups in total. The number of hydrogen-bond donors (Lipinski definition) is 2. The molecule has 3 atom stereocenters. The van der Waals surface area contributed by atoms with Crippen molar-refractivity contribution < 1.29 is 28.6 Å². The number of aromatic carboxylic acids is 1. The smallest absolute Gasteiger partial charge is 0.335 e. The Morgan fingerprint density at radius 3 is 2.62 bits per heavy atom. The molecule has 7 heteroatoms. The third kappa shape index (κ3) is 5.88. The van der Waals surface area contributed by atoms with Crippen LogP contribution < -0.4 is 0 Å². The van der Waals surface area contributed by atoms with Crippen molar-refractivity contribution in [1.82, 2.24) is 4.90 Å². The van der Waals surface area contributed by atoms with Gasteiger partial charge in [-0.3, -0.25) is 4.79 Å². The lowest BCUT2D eigenvalue weighted by Gasteiger charge is -2.22. The number of carbonyl (C=O) groups is 2. The second kappa shape index (κ2) is 9.66. The number of nitrogens with zero attached hydrogens (tertiary/aromatic N) is 1. The van der Waals surface area contributed by atoms with Gasteiger partial charge in [0.1, 0.15) is 0 Å². The summed E-state index contributed by atoms with van der Waals surface area (Å²) in [6.07, 6.45) is 2.25. The molecule has 29 heavy (non-hydrogen) atoms. The monoisotopic (exact) mass is 405 g/mol. The van der Waals surface area contributed by atoms with E-state index in [0.717, 1.165) is 10.5 Å². The van der Waals surface area contributed by atoms with Crippen LogP contribution in [-0.2, 0) is 11.2 Å². The average Bonchev–Trinajstić information content (AvgIpc) is 2.91. The van der Waals surface area contributed by atoms with Gasteiger partial charge in [-0.2, -0.15) is 8.78 Å². The molecular weight excluding hydrogens is 380 g/mol. The Morgan fingerprint density at radius 2 is 2.03 bits per heavy atom. The number of halogens is 2. The van der Waals surface area contributed by atoms with Crippen LogP contribution in [0.2, 0.25) is 0 Å². The minimum atomic E-state index is -3.44.